The highest BCUT2D eigenvalue weighted by Gasteiger charge is 2.04. The van der Waals surface area contributed by atoms with E-state index >= 15 is 0 Å². The van der Waals surface area contributed by atoms with Gasteiger partial charge in [0, 0.05) is 25.2 Å². The molecule has 0 aromatic heterocycles. The van der Waals surface area contributed by atoms with Crippen LogP contribution >= 0.6 is 0 Å². The molecular weight excluding hydrogens is 230 g/mol. The van der Waals surface area contributed by atoms with Crippen molar-refractivity contribution < 1.29 is 9.59 Å². The topological polar surface area (TPSA) is 70.2 Å². The molecule has 0 atom stereocenters. The number of aryl methyl sites for hydroxylation is 1. The number of nitrogens with one attached hydrogen (secondary N) is 3. The lowest BCUT2D eigenvalue weighted by atomic mass is 10.1. The standard InChI is InChI=1S/C13H19N3O2/c1-3-14-13(18)16-8-7-15-12(17)11-6-4-5-10(2)9-11/h4-6,9H,3,7-8H2,1-2H3,(H,15,17)(H2,14,16,18). The number of urea groups is 1. The fourth-order valence-corrected chi connectivity index (χ4v) is 1.46. The Labute approximate surface area is 107 Å². The van der Waals surface area contributed by atoms with Crippen LogP contribution in [0.2, 0.25) is 0 Å². The normalized spacial score (nSPS) is 9.67. The molecular formula is C13H19N3O2. The van der Waals surface area contributed by atoms with Gasteiger partial charge in [-0.15, -0.1) is 0 Å². The molecule has 5 nitrogen and oxygen atoms in total. The van der Waals surface area contributed by atoms with Gasteiger partial charge >= 0.3 is 6.03 Å². The van der Waals surface area contributed by atoms with Gasteiger partial charge in [-0.05, 0) is 26.0 Å². The van der Waals surface area contributed by atoms with Crippen LogP contribution in [-0.2, 0) is 0 Å². The second kappa shape index (κ2) is 7.32. The molecule has 5 heteroatoms. The Hall–Kier alpha value is -2.04. The Morgan fingerprint density at radius 3 is 2.50 bits per heavy atom. The molecule has 0 heterocycles. The molecule has 0 aliphatic heterocycles. The van der Waals surface area contributed by atoms with Crippen LogP contribution in [-0.4, -0.2) is 31.6 Å². The zero-order valence-electron chi connectivity index (χ0n) is 10.7. The first-order chi connectivity index (χ1) is 8.63. The molecule has 0 fully saturated rings. The third-order valence-electron chi connectivity index (χ3n) is 2.31. The van der Waals surface area contributed by atoms with Gasteiger partial charge in [-0.25, -0.2) is 4.79 Å². The maximum Gasteiger partial charge on any atom is 0.314 e. The van der Waals surface area contributed by atoms with Crippen molar-refractivity contribution in [2.75, 3.05) is 19.6 Å². The Morgan fingerprint density at radius 2 is 1.83 bits per heavy atom. The van der Waals surface area contributed by atoms with Crippen LogP contribution in [0.1, 0.15) is 22.8 Å². The molecule has 98 valence electrons. The smallest absolute Gasteiger partial charge is 0.314 e. The second-order valence-electron chi connectivity index (χ2n) is 3.91. The minimum atomic E-state index is -0.220. The molecule has 1 aromatic carbocycles. The predicted octanol–water partition coefficient (Wildman–Crippen LogP) is 1.04. The van der Waals surface area contributed by atoms with Crippen LogP contribution in [0.25, 0.3) is 0 Å². The van der Waals surface area contributed by atoms with Crippen molar-refractivity contribution in [3.8, 4) is 0 Å². The summed E-state index contributed by atoms with van der Waals surface area (Å²) in [5.41, 5.74) is 1.68. The predicted molar refractivity (Wildman–Crippen MR) is 70.6 cm³/mol. The van der Waals surface area contributed by atoms with Gasteiger partial charge in [0.25, 0.3) is 5.91 Å². The lowest BCUT2D eigenvalue weighted by Gasteiger charge is -2.07. The van der Waals surface area contributed by atoms with Gasteiger partial charge in [0.1, 0.15) is 0 Å². The van der Waals surface area contributed by atoms with Crippen molar-refractivity contribution in [1.29, 1.82) is 0 Å². The average Bonchev–Trinajstić information content (AvgIpc) is 2.35. The maximum absolute atomic E-state index is 11.7. The third kappa shape index (κ3) is 4.86. The number of amides is 3. The van der Waals surface area contributed by atoms with Crippen LogP contribution < -0.4 is 16.0 Å². The summed E-state index contributed by atoms with van der Waals surface area (Å²) in [5, 5.41) is 7.99. The third-order valence-corrected chi connectivity index (χ3v) is 2.31. The summed E-state index contributed by atoms with van der Waals surface area (Å²) < 4.78 is 0. The van der Waals surface area contributed by atoms with E-state index in [4.69, 9.17) is 0 Å². The van der Waals surface area contributed by atoms with Crippen molar-refractivity contribution in [2.45, 2.75) is 13.8 Å². The van der Waals surface area contributed by atoms with Crippen molar-refractivity contribution >= 4 is 11.9 Å². The first kappa shape index (κ1) is 14.0. The van der Waals surface area contributed by atoms with Gasteiger partial charge in [0.15, 0.2) is 0 Å². The van der Waals surface area contributed by atoms with Crippen molar-refractivity contribution in [3.63, 3.8) is 0 Å². The number of rotatable bonds is 5. The highest BCUT2D eigenvalue weighted by molar-refractivity contribution is 5.94. The fourth-order valence-electron chi connectivity index (χ4n) is 1.46. The Balaban J connectivity index is 2.27. The van der Waals surface area contributed by atoms with E-state index in [0.29, 0.717) is 25.2 Å². The van der Waals surface area contributed by atoms with E-state index in [2.05, 4.69) is 16.0 Å². The van der Waals surface area contributed by atoms with Crippen molar-refractivity contribution in [2.24, 2.45) is 0 Å². The van der Waals surface area contributed by atoms with E-state index in [1.54, 1.807) is 6.07 Å². The molecule has 18 heavy (non-hydrogen) atoms. The minimum absolute atomic E-state index is 0.128. The van der Waals surface area contributed by atoms with E-state index < -0.39 is 0 Å². The van der Waals surface area contributed by atoms with Crippen molar-refractivity contribution in [1.82, 2.24) is 16.0 Å². The quantitative estimate of drug-likeness (QED) is 0.682. The Kier molecular flexibility index (Phi) is 5.70. The van der Waals surface area contributed by atoms with E-state index in [9.17, 15) is 9.59 Å². The molecule has 0 spiro atoms. The lowest BCUT2D eigenvalue weighted by molar-refractivity contribution is 0.0953. The van der Waals surface area contributed by atoms with E-state index in [1.165, 1.54) is 0 Å². The van der Waals surface area contributed by atoms with Gasteiger partial charge in [-0.1, -0.05) is 17.7 Å². The summed E-state index contributed by atoms with van der Waals surface area (Å²) in [7, 11) is 0. The van der Waals surface area contributed by atoms with Crippen molar-refractivity contribution in [3.05, 3.63) is 35.4 Å². The molecule has 0 saturated heterocycles. The van der Waals surface area contributed by atoms with E-state index in [-0.39, 0.29) is 11.9 Å². The molecule has 3 N–H and O–H groups in total. The monoisotopic (exact) mass is 249 g/mol. The molecule has 0 aliphatic rings. The number of carbonyl (C=O) groups excluding carboxylic acids is 2. The van der Waals surface area contributed by atoms with Crippen LogP contribution in [0, 0.1) is 6.92 Å². The lowest BCUT2D eigenvalue weighted by Crippen LogP contribution is -2.40. The molecule has 1 rings (SSSR count). The summed E-state index contributed by atoms with van der Waals surface area (Å²) in [6.07, 6.45) is 0. The summed E-state index contributed by atoms with van der Waals surface area (Å²) in [4.78, 5) is 22.8. The van der Waals surface area contributed by atoms with Gasteiger partial charge in [-0.3, -0.25) is 4.79 Å². The Bertz CT molecular complexity index is 418. The minimum Gasteiger partial charge on any atom is -0.350 e. The van der Waals surface area contributed by atoms with Gasteiger partial charge in [0.05, 0.1) is 0 Å². The maximum atomic E-state index is 11.7. The van der Waals surface area contributed by atoms with Crippen LogP contribution in [0.5, 0.6) is 0 Å². The second-order valence-corrected chi connectivity index (χ2v) is 3.91. The molecule has 0 radical (unpaired) electrons. The summed E-state index contributed by atoms with van der Waals surface area (Å²) in [5.74, 6) is -0.128. The van der Waals surface area contributed by atoms with Crippen LogP contribution in [0.3, 0.4) is 0 Å². The number of carbonyl (C=O) groups is 2. The zero-order chi connectivity index (χ0) is 13.4. The summed E-state index contributed by atoms with van der Waals surface area (Å²) in [6.45, 7) is 5.18. The zero-order valence-corrected chi connectivity index (χ0v) is 10.7. The SMILES string of the molecule is CCNC(=O)NCCNC(=O)c1cccc(C)c1. The highest BCUT2D eigenvalue weighted by Crippen LogP contribution is 2.03. The first-order valence-corrected chi connectivity index (χ1v) is 6.00. The number of benzene rings is 1. The van der Waals surface area contributed by atoms with E-state index in [1.807, 2.05) is 32.0 Å². The number of hydrogen-bond donors (Lipinski definition) is 3. The molecule has 1 aromatic rings. The van der Waals surface area contributed by atoms with Gasteiger partial charge in [0.2, 0.25) is 0 Å². The largest absolute Gasteiger partial charge is 0.350 e. The van der Waals surface area contributed by atoms with Crippen LogP contribution in [0.15, 0.2) is 24.3 Å². The van der Waals surface area contributed by atoms with Gasteiger partial charge in [-0.2, -0.15) is 0 Å². The molecule has 3 amide bonds. The van der Waals surface area contributed by atoms with E-state index in [0.717, 1.165) is 5.56 Å². The summed E-state index contributed by atoms with van der Waals surface area (Å²) in [6, 6.07) is 7.15. The molecule has 0 unspecified atom stereocenters. The molecule has 0 aliphatic carbocycles. The molecule has 0 saturated carbocycles. The number of hydrogen-bond acceptors (Lipinski definition) is 2. The summed E-state index contributed by atoms with van der Waals surface area (Å²) >= 11 is 0. The van der Waals surface area contributed by atoms with Gasteiger partial charge < -0.3 is 16.0 Å². The highest BCUT2D eigenvalue weighted by atomic mass is 16.2. The first-order valence-electron chi connectivity index (χ1n) is 6.00. The van der Waals surface area contributed by atoms with Crippen LogP contribution in [0.4, 0.5) is 4.79 Å². The average molecular weight is 249 g/mol. The Morgan fingerprint density at radius 1 is 1.11 bits per heavy atom. The molecule has 0 bridgehead atoms. The fraction of sp³-hybridized carbons (Fsp3) is 0.385.